The Labute approximate surface area is 296 Å². The predicted molar refractivity (Wildman–Crippen MR) is 194 cm³/mol. The fourth-order valence-corrected chi connectivity index (χ4v) is 6.45. The first-order chi connectivity index (χ1) is 24.2. The Bertz CT molecular complexity index is 2110. The van der Waals surface area contributed by atoms with Crippen LogP contribution < -0.4 is 16.0 Å². The number of amides is 3. The van der Waals surface area contributed by atoms with E-state index in [0.29, 0.717) is 6.42 Å². The number of nitrogens with zero attached hydrogens (tertiary/aromatic N) is 2. The lowest BCUT2D eigenvalue weighted by Gasteiger charge is -2.29. The molecule has 266 valence electrons. The van der Waals surface area contributed by atoms with Gasteiger partial charge >= 0.3 is 12.1 Å². The van der Waals surface area contributed by atoms with Crippen molar-refractivity contribution in [3.63, 3.8) is 0 Å². The van der Waals surface area contributed by atoms with Gasteiger partial charge in [-0.1, -0.05) is 54.6 Å². The third-order valence-corrected chi connectivity index (χ3v) is 9.14. The Hall–Kier alpha value is -5.65. The molecule has 0 bridgehead atoms. The number of aromatic amines is 1. The van der Waals surface area contributed by atoms with Crippen LogP contribution in [-0.4, -0.2) is 62.2 Å². The SMILES string of the molecule is CCOC(=O)C1(c2ccc3ccccc3c2)CC1n1cnc(NC(=O)C(Cc2c[nH]c3ccccc23)NC(=O)C(C)(C)NC(=O)OC(C)(C)C)c1. The average Bonchev–Trinajstić information content (AvgIpc) is 3.44. The minimum atomic E-state index is -1.41. The van der Waals surface area contributed by atoms with Gasteiger partial charge < -0.3 is 35.0 Å². The number of benzene rings is 3. The molecule has 0 radical (unpaired) electrons. The molecule has 1 aliphatic rings. The summed E-state index contributed by atoms with van der Waals surface area (Å²) in [7, 11) is 0. The highest BCUT2D eigenvalue weighted by molar-refractivity contribution is 5.99. The van der Waals surface area contributed by atoms with Crippen molar-refractivity contribution in [3.05, 3.63) is 96.6 Å². The van der Waals surface area contributed by atoms with Gasteiger partial charge in [0.15, 0.2) is 5.82 Å². The molecule has 2 aromatic heterocycles. The van der Waals surface area contributed by atoms with Gasteiger partial charge in [0, 0.05) is 29.7 Å². The van der Waals surface area contributed by atoms with Crippen molar-refractivity contribution in [3.8, 4) is 0 Å². The van der Waals surface area contributed by atoms with Gasteiger partial charge in [-0.3, -0.25) is 14.4 Å². The summed E-state index contributed by atoms with van der Waals surface area (Å²) in [6.07, 6.45) is 4.99. The molecule has 1 aliphatic carbocycles. The van der Waals surface area contributed by atoms with Crippen LogP contribution in [0.2, 0.25) is 0 Å². The second-order valence-corrected chi connectivity index (χ2v) is 14.5. The van der Waals surface area contributed by atoms with Crippen molar-refractivity contribution < 1.29 is 28.7 Å². The number of imidazole rings is 1. The Morgan fingerprint density at radius 1 is 1.00 bits per heavy atom. The molecular weight excluding hydrogens is 648 g/mol. The number of carbonyl (C=O) groups excluding carboxylic acids is 4. The van der Waals surface area contributed by atoms with Crippen LogP contribution in [0.1, 0.15) is 65.1 Å². The molecule has 1 fully saturated rings. The van der Waals surface area contributed by atoms with E-state index >= 15 is 0 Å². The molecule has 51 heavy (non-hydrogen) atoms. The summed E-state index contributed by atoms with van der Waals surface area (Å²) < 4.78 is 12.7. The summed E-state index contributed by atoms with van der Waals surface area (Å²) in [6.45, 7) is 10.3. The largest absolute Gasteiger partial charge is 0.465 e. The van der Waals surface area contributed by atoms with Crippen LogP contribution in [0.4, 0.5) is 10.6 Å². The number of para-hydroxylation sites is 1. The van der Waals surface area contributed by atoms with Crippen LogP contribution in [0, 0.1) is 0 Å². The zero-order valence-electron chi connectivity index (χ0n) is 29.7. The van der Waals surface area contributed by atoms with E-state index in [1.54, 1.807) is 40.2 Å². The Kier molecular flexibility index (Phi) is 9.37. The van der Waals surface area contributed by atoms with Crippen LogP contribution >= 0.6 is 0 Å². The van der Waals surface area contributed by atoms with Crippen LogP contribution in [0.5, 0.6) is 0 Å². The quantitative estimate of drug-likeness (QED) is 0.125. The molecule has 12 nitrogen and oxygen atoms in total. The molecule has 0 aliphatic heterocycles. The molecule has 3 unspecified atom stereocenters. The second kappa shape index (κ2) is 13.6. The molecule has 3 amide bonds. The van der Waals surface area contributed by atoms with E-state index in [0.717, 1.165) is 32.8 Å². The van der Waals surface area contributed by atoms with Gasteiger partial charge in [0.1, 0.15) is 22.6 Å². The molecule has 1 saturated carbocycles. The highest BCUT2D eigenvalue weighted by atomic mass is 16.6. The van der Waals surface area contributed by atoms with E-state index < -0.39 is 40.5 Å². The van der Waals surface area contributed by atoms with Crippen molar-refractivity contribution in [2.75, 3.05) is 11.9 Å². The Morgan fingerprint density at radius 3 is 2.47 bits per heavy atom. The summed E-state index contributed by atoms with van der Waals surface area (Å²) in [4.78, 5) is 61.2. The number of hydrogen-bond acceptors (Lipinski definition) is 7. The lowest BCUT2D eigenvalue weighted by Crippen LogP contribution is -2.59. The number of ether oxygens (including phenoxy) is 2. The van der Waals surface area contributed by atoms with Crippen LogP contribution in [0.3, 0.4) is 0 Å². The lowest BCUT2D eigenvalue weighted by atomic mass is 9.92. The lowest BCUT2D eigenvalue weighted by molar-refractivity contribution is -0.146. The maximum Gasteiger partial charge on any atom is 0.408 e. The van der Waals surface area contributed by atoms with E-state index in [4.69, 9.17) is 9.47 Å². The third-order valence-electron chi connectivity index (χ3n) is 9.14. The molecule has 0 spiro atoms. The summed E-state index contributed by atoms with van der Waals surface area (Å²) >= 11 is 0. The maximum absolute atomic E-state index is 13.9. The van der Waals surface area contributed by atoms with Gasteiger partial charge in [0.05, 0.1) is 19.0 Å². The highest BCUT2D eigenvalue weighted by Gasteiger charge is 2.63. The van der Waals surface area contributed by atoms with Crippen LogP contribution in [-0.2, 0) is 35.7 Å². The standard InChI is InChI=1S/C39H44N6O6/c1-7-50-35(48)39(27-17-16-24-12-8-9-13-25(24)18-27)20-31(39)45-22-32(41-23-45)43-33(46)30(19-26-21-40-29-15-11-10-14-28(26)29)42-34(47)38(5,6)44-36(49)51-37(2,3)4/h8-18,21-23,30-31,40H,7,19-20H2,1-6H3,(H,42,47)(H,43,46)(H,44,49). The molecule has 3 atom stereocenters. The highest BCUT2D eigenvalue weighted by Crippen LogP contribution is 2.59. The first-order valence-electron chi connectivity index (χ1n) is 17.1. The van der Waals surface area contributed by atoms with E-state index in [9.17, 15) is 19.2 Å². The first kappa shape index (κ1) is 35.2. The van der Waals surface area contributed by atoms with Gasteiger partial charge in [0.25, 0.3) is 0 Å². The predicted octanol–water partition coefficient (Wildman–Crippen LogP) is 5.93. The van der Waals surface area contributed by atoms with Gasteiger partial charge in [-0.25, -0.2) is 9.78 Å². The number of nitrogens with one attached hydrogen (secondary N) is 4. The molecule has 4 N–H and O–H groups in total. The van der Waals surface area contributed by atoms with Crippen molar-refractivity contribution in [1.29, 1.82) is 0 Å². The van der Waals surface area contributed by atoms with Gasteiger partial charge in [-0.2, -0.15) is 0 Å². The summed E-state index contributed by atoms with van der Waals surface area (Å²) in [5.41, 5.74) is -0.502. The number of fused-ring (bicyclic) bond motifs is 2. The molecule has 0 saturated heterocycles. The van der Waals surface area contributed by atoms with E-state index in [1.807, 2.05) is 77.5 Å². The topological polar surface area (TPSA) is 156 Å². The number of H-pyrrole nitrogens is 1. The van der Waals surface area contributed by atoms with E-state index in [-0.39, 0.29) is 30.9 Å². The van der Waals surface area contributed by atoms with Gasteiger partial charge in [-0.15, -0.1) is 0 Å². The molecule has 3 aromatic carbocycles. The summed E-state index contributed by atoms with van der Waals surface area (Å²) in [6, 6.07) is 20.3. The first-order valence-corrected chi connectivity index (χ1v) is 17.1. The van der Waals surface area contributed by atoms with Gasteiger partial charge in [-0.05, 0) is 82.0 Å². The number of carbonyl (C=O) groups is 4. The summed E-state index contributed by atoms with van der Waals surface area (Å²) in [5.74, 6) is -1.14. The minimum absolute atomic E-state index is 0.154. The number of aromatic nitrogens is 3. The Morgan fingerprint density at radius 2 is 1.73 bits per heavy atom. The Balaban J connectivity index is 1.23. The fourth-order valence-electron chi connectivity index (χ4n) is 6.45. The maximum atomic E-state index is 13.9. The molecular formula is C39H44N6O6. The molecule has 2 heterocycles. The summed E-state index contributed by atoms with van der Waals surface area (Å²) in [5, 5.41) is 11.3. The van der Waals surface area contributed by atoms with E-state index in [2.05, 4.69) is 25.9 Å². The zero-order valence-corrected chi connectivity index (χ0v) is 29.7. The molecule has 6 rings (SSSR count). The van der Waals surface area contributed by atoms with Crippen molar-refractivity contribution in [2.24, 2.45) is 0 Å². The number of rotatable bonds is 11. The van der Waals surface area contributed by atoms with Crippen molar-refractivity contribution in [2.45, 2.75) is 83.0 Å². The number of hydrogen-bond donors (Lipinski definition) is 4. The fraction of sp³-hybridized carbons (Fsp3) is 0.359. The van der Waals surface area contributed by atoms with Crippen LogP contribution in [0.15, 0.2) is 85.5 Å². The number of anilines is 1. The zero-order chi connectivity index (χ0) is 36.6. The van der Waals surface area contributed by atoms with E-state index in [1.165, 1.54) is 13.8 Å². The van der Waals surface area contributed by atoms with Crippen LogP contribution in [0.25, 0.3) is 21.7 Å². The third kappa shape index (κ3) is 7.45. The molecule has 5 aromatic rings. The molecule has 12 heteroatoms. The second-order valence-electron chi connectivity index (χ2n) is 14.5. The smallest absolute Gasteiger partial charge is 0.408 e. The average molecular weight is 693 g/mol. The monoisotopic (exact) mass is 692 g/mol. The number of esters is 1. The van der Waals surface area contributed by atoms with Gasteiger partial charge in [0.2, 0.25) is 11.8 Å². The minimum Gasteiger partial charge on any atom is -0.465 e. The normalized spacial score (nSPS) is 17.8. The number of alkyl carbamates (subject to hydrolysis) is 1. The van der Waals surface area contributed by atoms with Crippen molar-refractivity contribution >= 4 is 51.4 Å². The van der Waals surface area contributed by atoms with Crippen molar-refractivity contribution in [1.82, 2.24) is 25.2 Å².